The van der Waals surface area contributed by atoms with Crippen LogP contribution in [-0.2, 0) is 13.0 Å². The van der Waals surface area contributed by atoms with E-state index in [-0.39, 0.29) is 23.1 Å². The van der Waals surface area contributed by atoms with Crippen molar-refractivity contribution in [3.8, 4) is 0 Å². The number of aryl methyl sites for hydroxylation is 2. The van der Waals surface area contributed by atoms with Crippen LogP contribution in [0.4, 0.5) is 0 Å². The Morgan fingerprint density at radius 2 is 2.25 bits per heavy atom. The summed E-state index contributed by atoms with van der Waals surface area (Å²) in [6, 6.07) is 5.25. The Kier molecular flexibility index (Phi) is 3.41. The van der Waals surface area contributed by atoms with Crippen LogP contribution in [0, 0.1) is 6.92 Å². The molecule has 3 aromatic rings. The molecule has 1 aliphatic rings. The predicted octanol–water partition coefficient (Wildman–Crippen LogP) is 0.944. The molecule has 0 bridgehead atoms. The van der Waals surface area contributed by atoms with E-state index in [9.17, 15) is 9.59 Å². The average Bonchev–Trinajstić information content (AvgIpc) is 2.94. The molecule has 0 aliphatic carbocycles. The van der Waals surface area contributed by atoms with E-state index < -0.39 is 0 Å². The SMILES string of the molecule is Cc1cn2c(n1)CC[C@@H](NC(=O)c1cnc3ccccn3c1=O)C2. The third-order valence-corrected chi connectivity index (χ3v) is 4.31. The maximum absolute atomic E-state index is 12.5. The summed E-state index contributed by atoms with van der Waals surface area (Å²) in [5, 5.41) is 2.95. The zero-order chi connectivity index (χ0) is 16.7. The number of amides is 1. The van der Waals surface area contributed by atoms with Gasteiger partial charge in [-0.25, -0.2) is 9.97 Å². The number of carbonyl (C=O) groups excluding carboxylic acids is 1. The molecule has 0 radical (unpaired) electrons. The van der Waals surface area contributed by atoms with E-state index in [0.717, 1.165) is 24.4 Å². The first kappa shape index (κ1) is 14.6. The Morgan fingerprint density at radius 3 is 3.12 bits per heavy atom. The molecular weight excluding hydrogens is 306 g/mol. The van der Waals surface area contributed by atoms with Crippen molar-refractivity contribution < 1.29 is 4.79 Å². The quantitative estimate of drug-likeness (QED) is 0.761. The third kappa shape index (κ3) is 2.47. The summed E-state index contributed by atoms with van der Waals surface area (Å²) in [6.07, 6.45) is 6.57. The number of pyridine rings is 1. The van der Waals surface area contributed by atoms with Gasteiger partial charge < -0.3 is 9.88 Å². The van der Waals surface area contributed by atoms with Crippen molar-refractivity contribution in [2.75, 3.05) is 0 Å². The van der Waals surface area contributed by atoms with E-state index in [1.807, 2.05) is 13.1 Å². The second-order valence-corrected chi connectivity index (χ2v) is 6.07. The highest BCUT2D eigenvalue weighted by Crippen LogP contribution is 2.15. The number of hydrogen-bond acceptors (Lipinski definition) is 4. The summed E-state index contributed by atoms with van der Waals surface area (Å²) >= 11 is 0. The number of carbonyl (C=O) groups is 1. The lowest BCUT2D eigenvalue weighted by Crippen LogP contribution is -2.42. The Hall–Kier alpha value is -2.96. The molecule has 1 atom stereocenters. The highest BCUT2D eigenvalue weighted by molar-refractivity contribution is 5.93. The summed E-state index contributed by atoms with van der Waals surface area (Å²) in [6.45, 7) is 2.63. The van der Waals surface area contributed by atoms with E-state index >= 15 is 0 Å². The number of fused-ring (bicyclic) bond motifs is 2. The molecule has 0 unspecified atom stereocenters. The van der Waals surface area contributed by atoms with Gasteiger partial charge in [-0.3, -0.25) is 14.0 Å². The fourth-order valence-electron chi connectivity index (χ4n) is 3.15. The largest absolute Gasteiger partial charge is 0.347 e. The number of nitrogens with zero attached hydrogens (tertiary/aromatic N) is 4. The fraction of sp³-hybridized carbons (Fsp3) is 0.294. The van der Waals surface area contributed by atoms with Gasteiger partial charge in [0.25, 0.3) is 11.5 Å². The second-order valence-electron chi connectivity index (χ2n) is 6.07. The molecule has 0 saturated heterocycles. The Labute approximate surface area is 138 Å². The number of imidazole rings is 1. The van der Waals surface area contributed by atoms with Crippen LogP contribution in [0.15, 0.2) is 41.6 Å². The van der Waals surface area contributed by atoms with Crippen molar-refractivity contribution in [2.45, 2.75) is 32.4 Å². The van der Waals surface area contributed by atoms with Crippen LogP contribution in [-0.4, -0.2) is 30.9 Å². The van der Waals surface area contributed by atoms with Gasteiger partial charge >= 0.3 is 0 Å². The summed E-state index contributed by atoms with van der Waals surface area (Å²) in [5.74, 6) is 0.668. The minimum Gasteiger partial charge on any atom is -0.347 e. The molecule has 4 rings (SSSR count). The van der Waals surface area contributed by atoms with Crippen molar-refractivity contribution >= 4 is 11.6 Å². The molecule has 24 heavy (non-hydrogen) atoms. The van der Waals surface area contributed by atoms with Crippen LogP contribution in [0.5, 0.6) is 0 Å². The number of hydrogen-bond donors (Lipinski definition) is 1. The van der Waals surface area contributed by atoms with Crippen LogP contribution in [0.3, 0.4) is 0 Å². The van der Waals surface area contributed by atoms with Gasteiger partial charge in [0.2, 0.25) is 0 Å². The number of rotatable bonds is 2. The first-order valence-electron chi connectivity index (χ1n) is 7.92. The van der Waals surface area contributed by atoms with Gasteiger partial charge in [0.1, 0.15) is 17.0 Å². The average molecular weight is 323 g/mol. The minimum atomic E-state index is -0.379. The zero-order valence-corrected chi connectivity index (χ0v) is 13.3. The molecular formula is C17H17N5O2. The molecule has 0 fully saturated rings. The molecule has 4 heterocycles. The molecule has 0 spiro atoms. The van der Waals surface area contributed by atoms with E-state index in [4.69, 9.17) is 0 Å². The highest BCUT2D eigenvalue weighted by Gasteiger charge is 2.23. The van der Waals surface area contributed by atoms with Crippen molar-refractivity contribution in [2.24, 2.45) is 0 Å². The van der Waals surface area contributed by atoms with Crippen molar-refractivity contribution in [1.29, 1.82) is 0 Å². The molecule has 7 heteroatoms. The lowest BCUT2D eigenvalue weighted by Gasteiger charge is -2.24. The molecule has 0 aromatic carbocycles. The topological polar surface area (TPSA) is 81.3 Å². The van der Waals surface area contributed by atoms with E-state index in [0.29, 0.717) is 12.2 Å². The maximum Gasteiger partial charge on any atom is 0.270 e. The lowest BCUT2D eigenvalue weighted by molar-refractivity contribution is 0.0925. The Bertz CT molecular complexity index is 988. The van der Waals surface area contributed by atoms with E-state index in [1.54, 1.807) is 24.4 Å². The monoisotopic (exact) mass is 323 g/mol. The zero-order valence-electron chi connectivity index (χ0n) is 13.3. The maximum atomic E-state index is 12.5. The van der Waals surface area contributed by atoms with Gasteiger partial charge in [-0.15, -0.1) is 0 Å². The van der Waals surface area contributed by atoms with Crippen molar-refractivity contribution in [1.82, 2.24) is 24.3 Å². The van der Waals surface area contributed by atoms with E-state index in [1.165, 1.54) is 10.6 Å². The Balaban J connectivity index is 1.57. The lowest BCUT2D eigenvalue weighted by atomic mass is 10.1. The van der Waals surface area contributed by atoms with Crippen LogP contribution < -0.4 is 10.9 Å². The van der Waals surface area contributed by atoms with Gasteiger partial charge in [0.05, 0.1) is 5.69 Å². The van der Waals surface area contributed by atoms with Crippen LogP contribution in [0.1, 0.15) is 28.3 Å². The van der Waals surface area contributed by atoms with Gasteiger partial charge in [-0.2, -0.15) is 0 Å². The van der Waals surface area contributed by atoms with Crippen molar-refractivity contribution in [3.05, 3.63) is 64.2 Å². The number of nitrogens with one attached hydrogen (secondary N) is 1. The minimum absolute atomic E-state index is 0.0190. The molecule has 3 aromatic heterocycles. The fourth-order valence-corrected chi connectivity index (χ4v) is 3.15. The van der Waals surface area contributed by atoms with Crippen molar-refractivity contribution in [3.63, 3.8) is 0 Å². The molecule has 1 amide bonds. The molecule has 122 valence electrons. The first-order valence-corrected chi connectivity index (χ1v) is 7.92. The van der Waals surface area contributed by atoms with E-state index in [2.05, 4.69) is 19.9 Å². The summed E-state index contributed by atoms with van der Waals surface area (Å²) < 4.78 is 3.45. The van der Waals surface area contributed by atoms with Crippen LogP contribution in [0.2, 0.25) is 0 Å². The van der Waals surface area contributed by atoms with Gasteiger partial charge in [0, 0.05) is 37.6 Å². The Morgan fingerprint density at radius 1 is 1.38 bits per heavy atom. The number of aromatic nitrogens is 4. The summed E-state index contributed by atoms with van der Waals surface area (Å²) in [4.78, 5) is 33.6. The van der Waals surface area contributed by atoms with Gasteiger partial charge in [-0.1, -0.05) is 6.07 Å². The predicted molar refractivity (Wildman–Crippen MR) is 88.0 cm³/mol. The second kappa shape index (κ2) is 5.59. The van der Waals surface area contributed by atoms with Crippen LogP contribution in [0.25, 0.3) is 5.65 Å². The molecule has 1 N–H and O–H groups in total. The summed E-state index contributed by atoms with van der Waals surface area (Å²) in [5.41, 5.74) is 1.21. The highest BCUT2D eigenvalue weighted by atomic mass is 16.2. The van der Waals surface area contributed by atoms with Gasteiger partial charge in [0.15, 0.2) is 0 Å². The normalized spacial score (nSPS) is 16.8. The van der Waals surface area contributed by atoms with Crippen LogP contribution >= 0.6 is 0 Å². The third-order valence-electron chi connectivity index (χ3n) is 4.31. The molecule has 7 nitrogen and oxygen atoms in total. The smallest absolute Gasteiger partial charge is 0.270 e. The molecule has 0 saturated carbocycles. The molecule has 1 aliphatic heterocycles. The standard InChI is InChI=1S/C17H17N5O2/c1-11-9-21-10-12(5-6-15(21)19-11)20-16(23)13-8-18-14-4-2-3-7-22(14)17(13)24/h2-4,7-9,12H,5-6,10H2,1H3,(H,20,23)/t12-/m1/s1. The summed E-state index contributed by atoms with van der Waals surface area (Å²) in [7, 11) is 0. The van der Waals surface area contributed by atoms with Gasteiger partial charge in [-0.05, 0) is 25.5 Å². The first-order chi connectivity index (χ1) is 11.6.